The lowest BCUT2D eigenvalue weighted by Crippen LogP contribution is -2.41. The SMILES string of the molecule is CCCCCCc1cc(I)sc1-c1cc(CCCCCC)c(-c2ccc3c4ccc5c6c(ccc(c7cccc2c73)c64)C(=O)N(c2c(C(C)C)cccc2C(C)C)C5=O)s1. The quantitative estimate of drug-likeness (QED) is 0.0338. The molecule has 6 heteroatoms. The first-order valence-corrected chi connectivity index (χ1v) is 24.9. The summed E-state index contributed by atoms with van der Waals surface area (Å²) in [6, 6.07) is 30.8. The Kier molecular flexibility index (Phi) is 11.7. The number of imide groups is 1. The number of anilines is 1. The molecule has 0 radical (unpaired) electrons. The maximum absolute atomic E-state index is 14.8. The molecular formula is C54H54INO2S2. The van der Waals surface area contributed by atoms with E-state index < -0.39 is 0 Å². The highest BCUT2D eigenvalue weighted by atomic mass is 127. The average molecular weight is 940 g/mol. The molecular weight excluding hydrogens is 886 g/mol. The molecule has 0 saturated heterocycles. The summed E-state index contributed by atoms with van der Waals surface area (Å²) in [5.74, 6) is -0.188. The molecule has 1 aliphatic rings. The molecule has 0 N–H and O–H groups in total. The van der Waals surface area contributed by atoms with Crippen LogP contribution in [0.25, 0.3) is 63.3 Å². The summed E-state index contributed by atoms with van der Waals surface area (Å²) in [6.07, 6.45) is 12.3. The molecule has 3 heterocycles. The summed E-state index contributed by atoms with van der Waals surface area (Å²) in [5, 5.41) is 8.82. The number of aryl methyl sites for hydroxylation is 2. The Morgan fingerprint density at radius 2 is 1.05 bits per heavy atom. The molecule has 0 aliphatic carbocycles. The highest BCUT2D eigenvalue weighted by Gasteiger charge is 2.38. The first kappa shape index (κ1) is 41.3. The van der Waals surface area contributed by atoms with E-state index in [1.165, 1.54) is 112 Å². The van der Waals surface area contributed by atoms with Gasteiger partial charge in [0, 0.05) is 31.1 Å². The number of fused-ring (bicyclic) bond motifs is 2. The van der Waals surface area contributed by atoms with Crippen molar-refractivity contribution < 1.29 is 9.59 Å². The molecule has 0 bridgehead atoms. The van der Waals surface area contributed by atoms with E-state index in [0.29, 0.717) is 11.1 Å². The van der Waals surface area contributed by atoms with Crippen molar-refractivity contribution in [1.29, 1.82) is 0 Å². The van der Waals surface area contributed by atoms with Gasteiger partial charge in [0.2, 0.25) is 0 Å². The monoisotopic (exact) mass is 939 g/mol. The van der Waals surface area contributed by atoms with Gasteiger partial charge in [0.05, 0.1) is 8.57 Å². The van der Waals surface area contributed by atoms with E-state index in [1.807, 2.05) is 34.8 Å². The van der Waals surface area contributed by atoms with Gasteiger partial charge in [-0.3, -0.25) is 9.59 Å². The molecule has 0 unspecified atom stereocenters. The second-order valence-electron chi connectivity index (χ2n) is 17.5. The van der Waals surface area contributed by atoms with Gasteiger partial charge >= 0.3 is 0 Å². The Morgan fingerprint density at radius 1 is 0.533 bits per heavy atom. The molecule has 9 rings (SSSR count). The van der Waals surface area contributed by atoms with Gasteiger partial charge in [-0.25, -0.2) is 4.90 Å². The van der Waals surface area contributed by atoms with Gasteiger partial charge < -0.3 is 0 Å². The molecule has 2 amide bonds. The van der Waals surface area contributed by atoms with Crippen LogP contribution in [0.5, 0.6) is 0 Å². The highest BCUT2D eigenvalue weighted by molar-refractivity contribution is 14.1. The van der Waals surface area contributed by atoms with E-state index >= 15 is 0 Å². The van der Waals surface area contributed by atoms with Gasteiger partial charge in [0.15, 0.2) is 0 Å². The van der Waals surface area contributed by atoms with Crippen molar-refractivity contribution in [3.05, 3.63) is 121 Å². The minimum absolute atomic E-state index is 0.146. The van der Waals surface area contributed by atoms with Crippen LogP contribution >= 0.6 is 45.3 Å². The van der Waals surface area contributed by atoms with Crippen LogP contribution in [-0.2, 0) is 12.8 Å². The van der Waals surface area contributed by atoms with Crippen molar-refractivity contribution in [3.63, 3.8) is 0 Å². The minimum atomic E-state index is -0.241. The molecule has 60 heavy (non-hydrogen) atoms. The van der Waals surface area contributed by atoms with Crippen LogP contribution in [0.1, 0.15) is 148 Å². The van der Waals surface area contributed by atoms with Crippen LogP contribution in [0.15, 0.2) is 84.9 Å². The molecule has 6 aromatic carbocycles. The van der Waals surface area contributed by atoms with Crippen molar-refractivity contribution in [2.45, 2.75) is 118 Å². The first-order valence-electron chi connectivity index (χ1n) is 22.2. The standard InChI is InChI=1S/C54H54INO2S2/c1-7-9-11-13-17-33-29-45(52-34(30-46(55)60-52)18-14-12-10-8-2)59-51(33)42-26-23-39-41-25-28-44-49-43(27-24-40(48(41)49)37-21-16-22-38(42)47(37)39)53(57)56(54(44)58)50-35(31(3)4)19-15-20-36(50)32(5)6/h15-16,19-32H,7-14,17-18H2,1-6H3. The van der Waals surface area contributed by atoms with Crippen molar-refractivity contribution in [1.82, 2.24) is 0 Å². The Hall–Kier alpha value is -4.11. The Labute approximate surface area is 376 Å². The van der Waals surface area contributed by atoms with Crippen molar-refractivity contribution in [2.75, 3.05) is 4.90 Å². The van der Waals surface area contributed by atoms with E-state index in [0.717, 1.165) is 51.2 Å². The fourth-order valence-electron chi connectivity index (χ4n) is 9.89. The third-order valence-corrected chi connectivity index (χ3v) is 16.2. The number of thiophene rings is 2. The summed E-state index contributed by atoms with van der Waals surface area (Å²) in [5.41, 5.74) is 8.24. The van der Waals surface area contributed by atoms with Gasteiger partial charge in [-0.1, -0.05) is 141 Å². The first-order chi connectivity index (χ1) is 29.1. The lowest BCUT2D eigenvalue weighted by Gasteiger charge is -2.32. The largest absolute Gasteiger partial charge is 0.268 e. The van der Waals surface area contributed by atoms with Crippen LogP contribution in [0, 0.1) is 2.88 Å². The summed E-state index contributed by atoms with van der Waals surface area (Å²) in [6.45, 7) is 13.1. The van der Waals surface area contributed by atoms with Crippen LogP contribution in [0.2, 0.25) is 0 Å². The van der Waals surface area contributed by atoms with Crippen LogP contribution in [-0.4, -0.2) is 11.8 Å². The predicted octanol–water partition coefficient (Wildman–Crippen LogP) is 17.1. The average Bonchev–Trinajstić information content (AvgIpc) is 3.84. The van der Waals surface area contributed by atoms with Crippen molar-refractivity contribution in [3.8, 4) is 20.2 Å². The highest BCUT2D eigenvalue weighted by Crippen LogP contribution is 2.50. The van der Waals surface area contributed by atoms with E-state index in [1.54, 1.807) is 0 Å². The summed E-state index contributed by atoms with van der Waals surface area (Å²) < 4.78 is 1.37. The smallest absolute Gasteiger partial charge is 0.266 e. The second kappa shape index (κ2) is 17.0. The Bertz CT molecular complexity index is 2830. The number of carbonyl (C=O) groups excluding carboxylic acids is 2. The normalized spacial score (nSPS) is 13.2. The number of para-hydroxylation sites is 1. The number of amides is 2. The maximum atomic E-state index is 14.8. The number of carbonyl (C=O) groups is 2. The number of halogens is 1. The molecule has 8 aromatic rings. The molecule has 0 atom stereocenters. The number of rotatable bonds is 15. The van der Waals surface area contributed by atoms with E-state index in [-0.39, 0.29) is 23.7 Å². The topological polar surface area (TPSA) is 37.4 Å². The van der Waals surface area contributed by atoms with Crippen LogP contribution in [0.3, 0.4) is 0 Å². The molecule has 0 fully saturated rings. The molecule has 0 saturated carbocycles. The van der Waals surface area contributed by atoms with E-state index in [9.17, 15) is 9.59 Å². The van der Waals surface area contributed by atoms with Gasteiger partial charge in [-0.15, -0.1) is 22.7 Å². The van der Waals surface area contributed by atoms with Crippen molar-refractivity contribution >= 4 is 106 Å². The zero-order valence-electron chi connectivity index (χ0n) is 35.8. The lowest BCUT2D eigenvalue weighted by atomic mass is 9.83. The van der Waals surface area contributed by atoms with E-state index in [4.69, 9.17) is 0 Å². The van der Waals surface area contributed by atoms with Gasteiger partial charge in [0.25, 0.3) is 11.8 Å². The van der Waals surface area contributed by atoms with Gasteiger partial charge in [0.1, 0.15) is 0 Å². The molecule has 3 nitrogen and oxygen atoms in total. The van der Waals surface area contributed by atoms with Crippen molar-refractivity contribution in [2.24, 2.45) is 0 Å². The molecule has 2 aromatic heterocycles. The Balaban J connectivity index is 1.20. The predicted molar refractivity (Wildman–Crippen MR) is 268 cm³/mol. The van der Waals surface area contributed by atoms with Gasteiger partial charge in [-0.2, -0.15) is 0 Å². The third-order valence-electron chi connectivity index (χ3n) is 12.9. The molecule has 1 aliphatic heterocycles. The number of unbranched alkanes of at least 4 members (excludes halogenated alkanes) is 6. The lowest BCUT2D eigenvalue weighted by molar-refractivity contribution is 0.0893. The second-order valence-corrected chi connectivity index (χ2v) is 21.5. The maximum Gasteiger partial charge on any atom is 0.266 e. The summed E-state index contributed by atoms with van der Waals surface area (Å²) >= 11 is 6.45. The minimum Gasteiger partial charge on any atom is -0.268 e. The number of nitrogens with zero attached hydrogens (tertiary/aromatic N) is 1. The number of benzene rings is 6. The fraction of sp³-hybridized carbons (Fsp3) is 0.333. The Morgan fingerprint density at radius 3 is 1.63 bits per heavy atom. The zero-order valence-corrected chi connectivity index (χ0v) is 39.6. The molecule has 0 spiro atoms. The third kappa shape index (κ3) is 6.99. The molecule has 306 valence electrons. The van der Waals surface area contributed by atoms with Crippen LogP contribution < -0.4 is 4.90 Å². The summed E-state index contributed by atoms with van der Waals surface area (Å²) in [4.78, 5) is 35.3. The zero-order chi connectivity index (χ0) is 41.8. The fourth-order valence-corrected chi connectivity index (χ4v) is 13.2. The van der Waals surface area contributed by atoms with Gasteiger partial charge in [-0.05, 0) is 150 Å². The number of hydrogen-bond donors (Lipinski definition) is 0. The summed E-state index contributed by atoms with van der Waals surface area (Å²) in [7, 11) is 0. The van der Waals surface area contributed by atoms with Crippen LogP contribution in [0.4, 0.5) is 5.69 Å². The number of hydrogen-bond acceptors (Lipinski definition) is 4. The van der Waals surface area contributed by atoms with E-state index in [2.05, 4.69) is 137 Å².